The van der Waals surface area contributed by atoms with Crippen LogP contribution in [0, 0.1) is 18.3 Å². The van der Waals surface area contributed by atoms with Crippen molar-refractivity contribution >= 4 is 27.5 Å². The molecule has 4 nitrogen and oxygen atoms in total. The van der Waals surface area contributed by atoms with Gasteiger partial charge in [-0.3, -0.25) is 4.79 Å². The van der Waals surface area contributed by atoms with Crippen molar-refractivity contribution in [1.82, 2.24) is 0 Å². The number of carbonyl (C=O) groups excluding carboxylic acids is 1. The number of anilines is 1. The van der Waals surface area contributed by atoms with E-state index in [1.165, 1.54) is 6.07 Å². The molecule has 0 aromatic heterocycles. The third kappa shape index (κ3) is 2.98. The van der Waals surface area contributed by atoms with Gasteiger partial charge < -0.3 is 10.4 Å². The minimum Gasteiger partial charge on any atom is -0.507 e. The molecule has 0 saturated carbocycles. The van der Waals surface area contributed by atoms with E-state index in [9.17, 15) is 9.90 Å². The van der Waals surface area contributed by atoms with Crippen LogP contribution < -0.4 is 5.32 Å². The summed E-state index contributed by atoms with van der Waals surface area (Å²) in [5.41, 5.74) is 1.78. The predicted molar refractivity (Wildman–Crippen MR) is 79.7 cm³/mol. The number of nitrogens with one attached hydrogen (secondary N) is 1. The molecule has 20 heavy (non-hydrogen) atoms. The van der Waals surface area contributed by atoms with Crippen LogP contribution in [0.2, 0.25) is 0 Å². The van der Waals surface area contributed by atoms with Gasteiger partial charge in [-0.1, -0.05) is 22.0 Å². The molecular formula is C15H11BrN2O2. The first kappa shape index (κ1) is 14.1. The molecule has 2 aromatic rings. The lowest BCUT2D eigenvalue weighted by Gasteiger charge is -2.09. The number of carbonyl (C=O) groups is 1. The summed E-state index contributed by atoms with van der Waals surface area (Å²) in [5, 5.41) is 21.4. The van der Waals surface area contributed by atoms with Crippen molar-refractivity contribution in [3.63, 3.8) is 0 Å². The van der Waals surface area contributed by atoms with Crippen molar-refractivity contribution in [2.75, 3.05) is 5.32 Å². The van der Waals surface area contributed by atoms with Gasteiger partial charge in [0.15, 0.2) is 0 Å². The summed E-state index contributed by atoms with van der Waals surface area (Å²) in [6, 6.07) is 11.8. The lowest BCUT2D eigenvalue weighted by molar-refractivity contribution is 0.102. The first-order chi connectivity index (χ1) is 9.51. The van der Waals surface area contributed by atoms with Gasteiger partial charge in [0, 0.05) is 4.47 Å². The topological polar surface area (TPSA) is 73.1 Å². The molecule has 2 rings (SSSR count). The molecule has 0 saturated heterocycles. The average Bonchev–Trinajstić information content (AvgIpc) is 2.40. The quantitative estimate of drug-likeness (QED) is 0.883. The van der Waals surface area contributed by atoms with Gasteiger partial charge in [0.05, 0.1) is 16.8 Å². The first-order valence-corrected chi connectivity index (χ1v) is 6.61. The third-order valence-electron chi connectivity index (χ3n) is 2.75. The van der Waals surface area contributed by atoms with Crippen LogP contribution in [0.15, 0.2) is 40.9 Å². The summed E-state index contributed by atoms with van der Waals surface area (Å²) in [6.45, 7) is 1.82. The zero-order valence-corrected chi connectivity index (χ0v) is 12.2. The Balaban J connectivity index is 2.31. The van der Waals surface area contributed by atoms with Gasteiger partial charge in [-0.15, -0.1) is 0 Å². The Hall–Kier alpha value is -2.32. The van der Waals surface area contributed by atoms with E-state index in [0.29, 0.717) is 11.3 Å². The standard InChI is InChI=1S/C15H11BrN2O2/c1-9-2-4-12(14(19)6-9)15(20)18-13-5-3-11(16)7-10(13)8-17/h2-7,19H,1H3,(H,18,20). The van der Waals surface area contributed by atoms with Crippen molar-refractivity contribution in [3.05, 3.63) is 57.6 Å². The second kappa shape index (κ2) is 5.76. The highest BCUT2D eigenvalue weighted by atomic mass is 79.9. The van der Waals surface area contributed by atoms with Crippen molar-refractivity contribution in [3.8, 4) is 11.8 Å². The summed E-state index contributed by atoms with van der Waals surface area (Å²) < 4.78 is 0.755. The molecule has 1 amide bonds. The van der Waals surface area contributed by atoms with E-state index in [0.717, 1.165) is 10.0 Å². The third-order valence-corrected chi connectivity index (χ3v) is 3.24. The first-order valence-electron chi connectivity index (χ1n) is 5.82. The Morgan fingerprint density at radius 3 is 2.70 bits per heavy atom. The number of phenols is 1. The average molecular weight is 331 g/mol. The van der Waals surface area contributed by atoms with E-state index >= 15 is 0 Å². The fourth-order valence-corrected chi connectivity index (χ4v) is 2.10. The highest BCUT2D eigenvalue weighted by molar-refractivity contribution is 9.10. The summed E-state index contributed by atoms with van der Waals surface area (Å²) in [4.78, 5) is 12.1. The van der Waals surface area contributed by atoms with Gasteiger partial charge in [-0.05, 0) is 42.8 Å². The van der Waals surface area contributed by atoms with Crippen molar-refractivity contribution in [2.24, 2.45) is 0 Å². The van der Waals surface area contributed by atoms with Crippen LogP contribution in [-0.4, -0.2) is 11.0 Å². The molecule has 0 aliphatic rings. The monoisotopic (exact) mass is 330 g/mol. The number of rotatable bonds is 2. The zero-order valence-electron chi connectivity index (χ0n) is 10.6. The number of amides is 1. The smallest absolute Gasteiger partial charge is 0.259 e. The Bertz CT molecular complexity index is 720. The summed E-state index contributed by atoms with van der Waals surface area (Å²) in [7, 11) is 0. The predicted octanol–water partition coefficient (Wildman–Crippen LogP) is 3.59. The number of hydrogen-bond acceptors (Lipinski definition) is 3. The van der Waals surface area contributed by atoms with Gasteiger partial charge >= 0.3 is 0 Å². The van der Waals surface area contributed by atoms with Gasteiger partial charge in [-0.2, -0.15) is 5.26 Å². The van der Waals surface area contributed by atoms with Crippen LogP contribution in [0.5, 0.6) is 5.75 Å². The van der Waals surface area contributed by atoms with Crippen molar-refractivity contribution < 1.29 is 9.90 Å². The molecule has 0 atom stereocenters. The molecule has 0 fully saturated rings. The number of phenolic OH excluding ortho intramolecular Hbond substituents is 1. The van der Waals surface area contributed by atoms with E-state index in [1.54, 1.807) is 30.3 Å². The van der Waals surface area contributed by atoms with Gasteiger partial charge in [0.25, 0.3) is 5.91 Å². The van der Waals surface area contributed by atoms with E-state index in [1.807, 2.05) is 13.0 Å². The maximum atomic E-state index is 12.1. The largest absolute Gasteiger partial charge is 0.507 e. The molecule has 0 aliphatic heterocycles. The maximum absolute atomic E-state index is 12.1. The molecule has 0 spiro atoms. The van der Waals surface area contributed by atoms with Crippen LogP contribution in [0.4, 0.5) is 5.69 Å². The molecule has 0 radical (unpaired) electrons. The summed E-state index contributed by atoms with van der Waals surface area (Å²) in [5.74, 6) is -0.542. The zero-order chi connectivity index (χ0) is 14.7. The van der Waals surface area contributed by atoms with E-state index < -0.39 is 5.91 Å². The second-order valence-corrected chi connectivity index (χ2v) is 5.19. The molecule has 0 bridgehead atoms. The number of halogens is 1. The van der Waals surface area contributed by atoms with E-state index in [2.05, 4.69) is 21.2 Å². The summed E-state index contributed by atoms with van der Waals surface area (Å²) in [6.07, 6.45) is 0. The SMILES string of the molecule is Cc1ccc(C(=O)Nc2ccc(Br)cc2C#N)c(O)c1. The van der Waals surface area contributed by atoms with Crippen LogP contribution in [-0.2, 0) is 0 Å². The second-order valence-electron chi connectivity index (χ2n) is 4.28. The number of nitrogens with zero attached hydrogens (tertiary/aromatic N) is 1. The molecule has 0 unspecified atom stereocenters. The number of benzene rings is 2. The fraction of sp³-hybridized carbons (Fsp3) is 0.0667. The maximum Gasteiger partial charge on any atom is 0.259 e. The van der Waals surface area contributed by atoms with Crippen LogP contribution >= 0.6 is 15.9 Å². The van der Waals surface area contributed by atoms with E-state index in [-0.39, 0.29) is 11.3 Å². The lowest BCUT2D eigenvalue weighted by atomic mass is 10.1. The van der Waals surface area contributed by atoms with Crippen LogP contribution in [0.3, 0.4) is 0 Å². The van der Waals surface area contributed by atoms with Crippen molar-refractivity contribution in [2.45, 2.75) is 6.92 Å². The highest BCUT2D eigenvalue weighted by Crippen LogP contribution is 2.23. The number of aryl methyl sites for hydroxylation is 1. The Morgan fingerprint density at radius 2 is 2.05 bits per heavy atom. The van der Waals surface area contributed by atoms with Crippen LogP contribution in [0.1, 0.15) is 21.5 Å². The molecule has 2 N–H and O–H groups in total. The van der Waals surface area contributed by atoms with Crippen molar-refractivity contribution in [1.29, 1.82) is 5.26 Å². The molecule has 0 aliphatic carbocycles. The minimum atomic E-state index is -0.457. The van der Waals surface area contributed by atoms with Gasteiger partial charge in [0.2, 0.25) is 0 Å². The molecular weight excluding hydrogens is 320 g/mol. The highest BCUT2D eigenvalue weighted by Gasteiger charge is 2.13. The fourth-order valence-electron chi connectivity index (χ4n) is 1.74. The normalized spacial score (nSPS) is 9.85. The molecule has 2 aromatic carbocycles. The van der Waals surface area contributed by atoms with E-state index in [4.69, 9.17) is 5.26 Å². The lowest BCUT2D eigenvalue weighted by Crippen LogP contribution is -2.13. The number of nitriles is 1. The Morgan fingerprint density at radius 1 is 1.30 bits per heavy atom. The molecule has 0 heterocycles. The minimum absolute atomic E-state index is 0.0851. The number of aromatic hydroxyl groups is 1. The molecule has 5 heteroatoms. The van der Waals surface area contributed by atoms with Crippen LogP contribution in [0.25, 0.3) is 0 Å². The Kier molecular flexibility index (Phi) is 4.06. The number of hydrogen-bond donors (Lipinski definition) is 2. The summed E-state index contributed by atoms with van der Waals surface area (Å²) >= 11 is 3.26. The van der Waals surface area contributed by atoms with Gasteiger partial charge in [0.1, 0.15) is 11.8 Å². The molecule has 100 valence electrons. The Labute approximate surface area is 124 Å². The van der Waals surface area contributed by atoms with Gasteiger partial charge in [-0.25, -0.2) is 0 Å².